The largest absolute Gasteiger partial charge is 0.378 e. The van der Waals surface area contributed by atoms with Gasteiger partial charge in [0, 0.05) is 12.5 Å². The van der Waals surface area contributed by atoms with Crippen molar-refractivity contribution in [3.05, 3.63) is 0 Å². The number of nitrogens with zero attached hydrogens (tertiary/aromatic N) is 1. The molecule has 2 heteroatoms. The van der Waals surface area contributed by atoms with Crippen molar-refractivity contribution in [2.24, 2.45) is 5.92 Å². The first kappa shape index (κ1) is 24.5. The summed E-state index contributed by atoms with van der Waals surface area (Å²) in [7, 11) is 0. The molecule has 0 spiro atoms. The molecule has 1 fully saturated rings. The third kappa shape index (κ3) is 15.1. The second-order valence-corrected chi connectivity index (χ2v) is 8.78. The lowest BCUT2D eigenvalue weighted by Crippen LogP contribution is -2.21. The summed E-state index contributed by atoms with van der Waals surface area (Å²) < 4.78 is 5.99. The monoisotopic (exact) mass is 377 g/mol. The summed E-state index contributed by atoms with van der Waals surface area (Å²) in [6.07, 6.45) is 27.4. The van der Waals surface area contributed by atoms with E-state index in [2.05, 4.69) is 13.0 Å². The maximum absolute atomic E-state index is 8.92. The molecule has 1 rings (SSSR count). The predicted octanol–water partition coefficient (Wildman–Crippen LogP) is 8.35. The summed E-state index contributed by atoms with van der Waals surface area (Å²) >= 11 is 0. The highest BCUT2D eigenvalue weighted by Crippen LogP contribution is 2.25. The maximum Gasteiger partial charge on any atom is 0.0655 e. The fraction of sp³-hybridized carbons (Fsp3) is 0.960. The van der Waals surface area contributed by atoms with Gasteiger partial charge in [-0.2, -0.15) is 5.26 Å². The average molecular weight is 378 g/mol. The van der Waals surface area contributed by atoms with Crippen molar-refractivity contribution < 1.29 is 4.74 Å². The minimum atomic E-state index is 0.292. The molecule has 158 valence electrons. The van der Waals surface area contributed by atoms with Gasteiger partial charge in [0.05, 0.1) is 12.2 Å². The molecule has 1 aliphatic carbocycles. The Bertz CT molecular complexity index is 341. The normalized spacial score (nSPS) is 19.9. The lowest BCUT2D eigenvalue weighted by atomic mass is 9.88. The van der Waals surface area contributed by atoms with E-state index >= 15 is 0 Å². The maximum atomic E-state index is 8.92. The number of unbranched alkanes of at least 4 members (excludes halogenated alkanes) is 15. The van der Waals surface area contributed by atoms with Crippen molar-refractivity contribution in [1.29, 1.82) is 5.26 Å². The molecule has 0 atom stereocenters. The van der Waals surface area contributed by atoms with E-state index in [1.165, 1.54) is 103 Å². The van der Waals surface area contributed by atoms with Gasteiger partial charge in [0.25, 0.3) is 0 Å². The first-order valence-electron chi connectivity index (χ1n) is 12.4. The minimum absolute atomic E-state index is 0.292. The molecule has 0 saturated heterocycles. The molecule has 0 aromatic carbocycles. The lowest BCUT2D eigenvalue weighted by Gasteiger charge is -2.24. The molecule has 0 N–H and O–H groups in total. The van der Waals surface area contributed by atoms with Crippen LogP contribution in [0.15, 0.2) is 0 Å². The second-order valence-electron chi connectivity index (χ2n) is 8.78. The van der Waals surface area contributed by atoms with Crippen molar-refractivity contribution >= 4 is 0 Å². The zero-order chi connectivity index (χ0) is 19.4. The van der Waals surface area contributed by atoms with Crippen LogP contribution in [0, 0.1) is 17.2 Å². The van der Waals surface area contributed by atoms with Gasteiger partial charge in [-0.1, -0.05) is 103 Å². The van der Waals surface area contributed by atoms with Crippen molar-refractivity contribution in [2.75, 3.05) is 6.61 Å². The zero-order valence-corrected chi connectivity index (χ0v) is 18.4. The fourth-order valence-corrected chi connectivity index (χ4v) is 4.26. The number of hydrogen-bond donors (Lipinski definition) is 0. The van der Waals surface area contributed by atoms with Gasteiger partial charge in [-0.25, -0.2) is 0 Å². The molecule has 0 amide bonds. The van der Waals surface area contributed by atoms with Crippen LogP contribution < -0.4 is 0 Å². The molecule has 0 heterocycles. The van der Waals surface area contributed by atoms with Gasteiger partial charge in [-0.3, -0.25) is 0 Å². The first-order chi connectivity index (χ1) is 13.4. The summed E-state index contributed by atoms with van der Waals surface area (Å²) in [4.78, 5) is 0. The van der Waals surface area contributed by atoms with Gasteiger partial charge in [0.1, 0.15) is 0 Å². The van der Waals surface area contributed by atoms with Gasteiger partial charge in [-0.05, 0) is 32.1 Å². The quantitative estimate of drug-likeness (QED) is 0.225. The number of ether oxygens (including phenoxy) is 1. The Hall–Kier alpha value is -0.550. The lowest BCUT2D eigenvalue weighted by molar-refractivity contribution is 0.0208. The van der Waals surface area contributed by atoms with E-state index in [-0.39, 0.29) is 0 Å². The van der Waals surface area contributed by atoms with Crippen LogP contribution in [0.5, 0.6) is 0 Å². The molecule has 0 bridgehead atoms. The highest BCUT2D eigenvalue weighted by Gasteiger charge is 2.20. The molecule has 0 unspecified atom stereocenters. The van der Waals surface area contributed by atoms with Crippen LogP contribution in [0.1, 0.15) is 135 Å². The molecule has 1 saturated carbocycles. The first-order valence-corrected chi connectivity index (χ1v) is 12.4. The third-order valence-corrected chi connectivity index (χ3v) is 6.21. The van der Waals surface area contributed by atoms with Crippen molar-refractivity contribution in [2.45, 2.75) is 141 Å². The third-order valence-electron chi connectivity index (χ3n) is 6.21. The number of nitriles is 1. The Kier molecular flexibility index (Phi) is 17.0. The summed E-state index contributed by atoms with van der Waals surface area (Å²) in [5, 5.41) is 8.92. The molecule has 27 heavy (non-hydrogen) atoms. The van der Waals surface area contributed by atoms with E-state index in [1.54, 1.807) is 0 Å². The van der Waals surface area contributed by atoms with Crippen LogP contribution in [0.4, 0.5) is 0 Å². The SMILES string of the molecule is CCCCCCCCCCCCCCCCCCOC1CCC(C#N)CC1. The molecule has 0 aromatic rings. The van der Waals surface area contributed by atoms with Gasteiger partial charge in [-0.15, -0.1) is 0 Å². The molecule has 0 aliphatic heterocycles. The number of rotatable bonds is 18. The predicted molar refractivity (Wildman–Crippen MR) is 117 cm³/mol. The van der Waals surface area contributed by atoms with E-state index in [4.69, 9.17) is 10.00 Å². The van der Waals surface area contributed by atoms with Crippen LogP contribution in [0.2, 0.25) is 0 Å². The standard InChI is InChI=1S/C25H47NO/c1-2-3-4-5-6-7-8-9-10-11-12-13-14-15-16-17-22-27-25-20-18-24(23-26)19-21-25/h24-25H,2-22H2,1H3. The Morgan fingerprint density at radius 1 is 0.630 bits per heavy atom. The molecule has 0 radical (unpaired) electrons. The van der Waals surface area contributed by atoms with Crippen LogP contribution in [-0.4, -0.2) is 12.7 Å². The van der Waals surface area contributed by atoms with Crippen LogP contribution in [0.25, 0.3) is 0 Å². The van der Waals surface area contributed by atoms with Crippen molar-refractivity contribution in [3.63, 3.8) is 0 Å². The zero-order valence-electron chi connectivity index (χ0n) is 18.4. The molecular weight excluding hydrogens is 330 g/mol. The summed E-state index contributed by atoms with van der Waals surface area (Å²) in [5.41, 5.74) is 0. The van der Waals surface area contributed by atoms with Crippen molar-refractivity contribution in [1.82, 2.24) is 0 Å². The molecular formula is C25H47NO. The summed E-state index contributed by atoms with van der Waals surface area (Å²) in [6.45, 7) is 3.22. The minimum Gasteiger partial charge on any atom is -0.378 e. The highest BCUT2D eigenvalue weighted by atomic mass is 16.5. The van der Waals surface area contributed by atoms with Gasteiger partial charge < -0.3 is 4.74 Å². The van der Waals surface area contributed by atoms with Crippen LogP contribution >= 0.6 is 0 Å². The summed E-state index contributed by atoms with van der Waals surface area (Å²) in [5.74, 6) is 0.292. The Labute approximate surface area is 170 Å². The van der Waals surface area contributed by atoms with E-state index in [9.17, 15) is 0 Å². The van der Waals surface area contributed by atoms with Gasteiger partial charge in [0.15, 0.2) is 0 Å². The summed E-state index contributed by atoms with van der Waals surface area (Å²) in [6, 6.07) is 2.39. The van der Waals surface area contributed by atoms with Crippen molar-refractivity contribution in [3.8, 4) is 6.07 Å². The molecule has 2 nitrogen and oxygen atoms in total. The highest BCUT2D eigenvalue weighted by molar-refractivity contribution is 4.87. The van der Waals surface area contributed by atoms with Gasteiger partial charge >= 0.3 is 0 Å². The molecule has 0 aromatic heterocycles. The van der Waals surface area contributed by atoms with Crippen LogP contribution in [-0.2, 0) is 4.74 Å². The van der Waals surface area contributed by atoms with Crippen LogP contribution in [0.3, 0.4) is 0 Å². The Morgan fingerprint density at radius 2 is 1.04 bits per heavy atom. The van der Waals surface area contributed by atoms with E-state index < -0.39 is 0 Å². The topological polar surface area (TPSA) is 33.0 Å². The van der Waals surface area contributed by atoms with E-state index in [0.29, 0.717) is 12.0 Å². The molecule has 1 aliphatic rings. The van der Waals surface area contributed by atoms with Gasteiger partial charge in [0.2, 0.25) is 0 Å². The Morgan fingerprint density at radius 3 is 1.44 bits per heavy atom. The smallest absolute Gasteiger partial charge is 0.0655 e. The fourth-order valence-electron chi connectivity index (χ4n) is 4.26. The van der Waals surface area contributed by atoms with E-state index in [0.717, 1.165) is 32.3 Å². The van der Waals surface area contributed by atoms with E-state index in [1.807, 2.05) is 0 Å². The Balaban J connectivity index is 1.70. The second kappa shape index (κ2) is 18.8. The number of hydrogen-bond acceptors (Lipinski definition) is 2. The average Bonchev–Trinajstić information content (AvgIpc) is 2.70.